The lowest BCUT2D eigenvalue weighted by Crippen LogP contribution is -1.98. The van der Waals surface area contributed by atoms with Gasteiger partial charge in [-0.25, -0.2) is 0 Å². The van der Waals surface area contributed by atoms with Crippen LogP contribution in [0.4, 0.5) is 0 Å². The van der Waals surface area contributed by atoms with E-state index >= 15 is 0 Å². The summed E-state index contributed by atoms with van der Waals surface area (Å²) < 4.78 is 2.03. The lowest BCUT2D eigenvalue weighted by molar-refractivity contribution is 0.111. The third kappa shape index (κ3) is 1.23. The Bertz CT molecular complexity index is 482. The van der Waals surface area contributed by atoms with E-state index < -0.39 is 0 Å². The van der Waals surface area contributed by atoms with Crippen molar-refractivity contribution in [3.63, 3.8) is 0 Å². The van der Waals surface area contributed by atoms with Crippen molar-refractivity contribution < 1.29 is 4.79 Å². The smallest absolute Gasteiger partial charge is 0.166 e. The number of hydrogen-bond donors (Lipinski definition) is 0. The highest BCUT2D eigenvalue weighted by Gasteiger charge is 2.05. The van der Waals surface area contributed by atoms with E-state index in [4.69, 9.17) is 0 Å². The van der Waals surface area contributed by atoms with Crippen LogP contribution in [0.3, 0.4) is 0 Å². The number of nitrogens with zero attached hydrogens (tertiary/aromatic N) is 1. The molecule has 0 bridgehead atoms. The van der Waals surface area contributed by atoms with Crippen LogP contribution in [0.15, 0.2) is 24.3 Å². The number of fused-ring (bicyclic) bond motifs is 1. The fourth-order valence-electron chi connectivity index (χ4n) is 1.86. The lowest BCUT2D eigenvalue weighted by atomic mass is 10.2. The standard InChI is InChI=1S/C12H13NO/c1-3-13-11(8-14)7-10-6-9(2)4-5-12(10)13/h4-8H,3H2,1-2H3. The summed E-state index contributed by atoms with van der Waals surface area (Å²) in [7, 11) is 0. The lowest BCUT2D eigenvalue weighted by Gasteiger charge is -2.02. The van der Waals surface area contributed by atoms with Crippen LogP contribution in [-0.2, 0) is 6.54 Å². The molecule has 0 N–H and O–H groups in total. The maximum Gasteiger partial charge on any atom is 0.166 e. The van der Waals surface area contributed by atoms with Crippen molar-refractivity contribution in [2.24, 2.45) is 0 Å². The average Bonchev–Trinajstić information content (AvgIpc) is 2.54. The van der Waals surface area contributed by atoms with E-state index in [0.717, 1.165) is 29.4 Å². The average molecular weight is 187 g/mol. The van der Waals surface area contributed by atoms with Gasteiger partial charge in [0.1, 0.15) is 0 Å². The van der Waals surface area contributed by atoms with Gasteiger partial charge in [-0.3, -0.25) is 4.79 Å². The monoisotopic (exact) mass is 187 g/mol. The van der Waals surface area contributed by atoms with Gasteiger partial charge in [0, 0.05) is 17.4 Å². The molecule has 1 aromatic heterocycles. The Kier molecular flexibility index (Phi) is 2.12. The molecular formula is C12H13NO. The first-order valence-electron chi connectivity index (χ1n) is 4.81. The Balaban J connectivity index is 2.79. The summed E-state index contributed by atoms with van der Waals surface area (Å²) in [4.78, 5) is 10.8. The molecule has 1 aromatic carbocycles. The molecule has 2 aromatic rings. The van der Waals surface area contributed by atoms with Crippen LogP contribution in [0.2, 0.25) is 0 Å². The van der Waals surface area contributed by atoms with Crippen LogP contribution >= 0.6 is 0 Å². The molecule has 0 spiro atoms. The van der Waals surface area contributed by atoms with E-state index in [1.165, 1.54) is 5.56 Å². The van der Waals surface area contributed by atoms with Gasteiger partial charge in [0.2, 0.25) is 0 Å². The fourth-order valence-corrected chi connectivity index (χ4v) is 1.86. The van der Waals surface area contributed by atoms with Crippen molar-refractivity contribution in [2.45, 2.75) is 20.4 Å². The summed E-state index contributed by atoms with van der Waals surface area (Å²) >= 11 is 0. The Hall–Kier alpha value is -1.57. The van der Waals surface area contributed by atoms with Crippen molar-refractivity contribution in [2.75, 3.05) is 0 Å². The Labute approximate surface area is 83.2 Å². The van der Waals surface area contributed by atoms with Gasteiger partial charge in [-0.2, -0.15) is 0 Å². The van der Waals surface area contributed by atoms with Crippen molar-refractivity contribution in [1.29, 1.82) is 0 Å². The van der Waals surface area contributed by atoms with Gasteiger partial charge in [0.05, 0.1) is 5.69 Å². The fraction of sp³-hybridized carbons (Fsp3) is 0.250. The number of carbonyl (C=O) groups is 1. The van der Waals surface area contributed by atoms with Gasteiger partial charge in [-0.1, -0.05) is 11.6 Å². The number of aryl methyl sites for hydroxylation is 2. The van der Waals surface area contributed by atoms with Crippen LogP contribution in [0.1, 0.15) is 23.0 Å². The van der Waals surface area contributed by atoms with Gasteiger partial charge < -0.3 is 4.57 Å². The van der Waals surface area contributed by atoms with Gasteiger partial charge in [-0.05, 0) is 32.0 Å². The molecule has 2 nitrogen and oxygen atoms in total. The van der Waals surface area contributed by atoms with E-state index in [-0.39, 0.29) is 0 Å². The largest absolute Gasteiger partial charge is 0.339 e. The summed E-state index contributed by atoms with van der Waals surface area (Å²) in [6, 6.07) is 8.19. The normalized spacial score (nSPS) is 10.7. The van der Waals surface area contributed by atoms with E-state index in [9.17, 15) is 4.79 Å². The molecule has 0 amide bonds. The highest BCUT2D eigenvalue weighted by molar-refractivity contribution is 5.89. The summed E-state index contributed by atoms with van der Waals surface area (Å²) in [5.41, 5.74) is 3.12. The van der Waals surface area contributed by atoms with Crippen molar-refractivity contribution in [3.05, 3.63) is 35.5 Å². The summed E-state index contributed by atoms with van der Waals surface area (Å²) in [6.07, 6.45) is 0.916. The van der Waals surface area contributed by atoms with E-state index in [0.29, 0.717) is 0 Å². The molecule has 0 saturated heterocycles. The van der Waals surface area contributed by atoms with E-state index in [2.05, 4.69) is 25.1 Å². The highest BCUT2D eigenvalue weighted by Crippen LogP contribution is 2.20. The third-order valence-corrected chi connectivity index (χ3v) is 2.53. The molecule has 72 valence electrons. The SMILES string of the molecule is CCn1c(C=O)cc2cc(C)ccc21. The minimum absolute atomic E-state index is 0.758. The van der Waals surface area contributed by atoms with Gasteiger partial charge in [0.15, 0.2) is 6.29 Å². The second-order valence-corrected chi connectivity index (χ2v) is 3.49. The first kappa shape index (κ1) is 9.00. The number of benzene rings is 1. The molecule has 0 saturated carbocycles. The molecule has 1 heterocycles. The number of aldehydes is 1. The second-order valence-electron chi connectivity index (χ2n) is 3.49. The van der Waals surface area contributed by atoms with Crippen LogP contribution in [0, 0.1) is 6.92 Å². The summed E-state index contributed by atoms with van der Waals surface area (Å²) in [6.45, 7) is 4.94. The zero-order valence-corrected chi connectivity index (χ0v) is 8.45. The summed E-state index contributed by atoms with van der Waals surface area (Å²) in [5.74, 6) is 0. The number of rotatable bonds is 2. The quantitative estimate of drug-likeness (QED) is 0.662. The van der Waals surface area contributed by atoms with Crippen LogP contribution in [0.5, 0.6) is 0 Å². The van der Waals surface area contributed by atoms with Gasteiger partial charge >= 0.3 is 0 Å². The molecule has 2 heteroatoms. The molecule has 0 aliphatic carbocycles. The van der Waals surface area contributed by atoms with E-state index in [1.807, 2.05) is 17.6 Å². The zero-order valence-electron chi connectivity index (χ0n) is 8.45. The molecule has 0 radical (unpaired) electrons. The summed E-state index contributed by atoms with van der Waals surface area (Å²) in [5, 5.41) is 1.15. The molecule has 14 heavy (non-hydrogen) atoms. The maximum absolute atomic E-state index is 10.8. The first-order chi connectivity index (χ1) is 6.76. The highest BCUT2D eigenvalue weighted by atomic mass is 16.1. The van der Waals surface area contributed by atoms with Gasteiger partial charge in [0.25, 0.3) is 0 Å². The number of hydrogen-bond acceptors (Lipinski definition) is 1. The molecule has 0 unspecified atom stereocenters. The predicted octanol–water partition coefficient (Wildman–Crippen LogP) is 2.78. The number of aromatic nitrogens is 1. The molecule has 0 aliphatic heterocycles. The first-order valence-corrected chi connectivity index (χ1v) is 4.81. The zero-order chi connectivity index (χ0) is 10.1. The third-order valence-electron chi connectivity index (χ3n) is 2.53. The maximum atomic E-state index is 10.8. The Morgan fingerprint density at radius 3 is 2.79 bits per heavy atom. The van der Waals surface area contributed by atoms with Crippen molar-refractivity contribution in [1.82, 2.24) is 4.57 Å². The number of carbonyl (C=O) groups excluding carboxylic acids is 1. The molecule has 2 rings (SSSR count). The van der Waals surface area contributed by atoms with Crippen LogP contribution in [0.25, 0.3) is 10.9 Å². The molecule has 0 atom stereocenters. The van der Waals surface area contributed by atoms with Gasteiger partial charge in [-0.15, -0.1) is 0 Å². The van der Waals surface area contributed by atoms with Crippen molar-refractivity contribution in [3.8, 4) is 0 Å². The minimum atomic E-state index is 0.758. The van der Waals surface area contributed by atoms with Crippen molar-refractivity contribution >= 4 is 17.2 Å². The molecule has 0 aliphatic rings. The molecular weight excluding hydrogens is 174 g/mol. The van der Waals surface area contributed by atoms with E-state index in [1.54, 1.807) is 0 Å². The Morgan fingerprint density at radius 2 is 2.14 bits per heavy atom. The molecule has 0 fully saturated rings. The topological polar surface area (TPSA) is 22.0 Å². The second kappa shape index (κ2) is 3.29. The Morgan fingerprint density at radius 1 is 1.36 bits per heavy atom. The van der Waals surface area contributed by atoms with Crippen LogP contribution in [-0.4, -0.2) is 10.9 Å². The minimum Gasteiger partial charge on any atom is -0.339 e. The van der Waals surface area contributed by atoms with Crippen LogP contribution < -0.4 is 0 Å². The predicted molar refractivity (Wildman–Crippen MR) is 57.7 cm³/mol.